The van der Waals surface area contributed by atoms with E-state index in [1.54, 1.807) is 32.9 Å². The molecule has 5 aromatic carbocycles. The van der Waals surface area contributed by atoms with Crippen LogP contribution in [0.15, 0.2) is 115 Å². The Morgan fingerprint density at radius 1 is 0.667 bits per heavy atom. The standard InChI is InChI=1S/C40H36F6NO2PS/c1-37(2,3)51(48)47-34(25-22-26(39(41,42)43)24-27(23-25)40(44,45)46)30-18-12-19-31-35(30)49-36-32(38(31,4)5)20-13-21-33(36)50(28-14-8-6-9-15-28)29-16-10-7-11-17-29/h6-24,34,47H,1-5H3. The van der Waals surface area contributed by atoms with Crippen molar-refractivity contribution >= 4 is 34.8 Å². The van der Waals surface area contributed by atoms with Crippen LogP contribution in [0.3, 0.4) is 0 Å². The molecule has 0 spiro atoms. The van der Waals surface area contributed by atoms with Crippen LogP contribution >= 0.6 is 7.92 Å². The number of fused-ring (bicyclic) bond motifs is 2. The highest BCUT2D eigenvalue weighted by Gasteiger charge is 2.42. The van der Waals surface area contributed by atoms with Crippen molar-refractivity contribution in [1.29, 1.82) is 0 Å². The third-order valence-electron chi connectivity index (χ3n) is 8.90. The van der Waals surface area contributed by atoms with E-state index in [0.29, 0.717) is 23.4 Å². The van der Waals surface area contributed by atoms with Crippen LogP contribution in [0, 0.1) is 0 Å². The van der Waals surface area contributed by atoms with Gasteiger partial charge in [0.15, 0.2) is 0 Å². The van der Waals surface area contributed by atoms with E-state index in [4.69, 9.17) is 4.74 Å². The van der Waals surface area contributed by atoms with Gasteiger partial charge in [-0.15, -0.1) is 0 Å². The van der Waals surface area contributed by atoms with Crippen LogP contribution < -0.4 is 25.4 Å². The van der Waals surface area contributed by atoms with Crippen molar-refractivity contribution in [2.24, 2.45) is 0 Å². The number of benzene rings is 5. The van der Waals surface area contributed by atoms with E-state index in [1.807, 2.05) is 74.5 Å². The first-order valence-electron chi connectivity index (χ1n) is 16.2. The quantitative estimate of drug-likeness (QED) is 0.133. The van der Waals surface area contributed by atoms with Crippen molar-refractivity contribution in [1.82, 2.24) is 4.72 Å². The zero-order chi connectivity index (χ0) is 36.9. The fourth-order valence-corrected chi connectivity index (χ4v) is 9.49. The molecular weight excluding hydrogens is 703 g/mol. The van der Waals surface area contributed by atoms with Crippen LogP contribution in [0.1, 0.15) is 74.0 Å². The Balaban J connectivity index is 1.60. The molecule has 0 aromatic heterocycles. The van der Waals surface area contributed by atoms with Gasteiger partial charge in [-0.3, -0.25) is 0 Å². The Morgan fingerprint density at radius 2 is 1.16 bits per heavy atom. The van der Waals surface area contributed by atoms with Crippen molar-refractivity contribution in [2.45, 2.75) is 63.2 Å². The lowest BCUT2D eigenvalue weighted by Gasteiger charge is -2.38. The van der Waals surface area contributed by atoms with Crippen LogP contribution in [0.4, 0.5) is 26.3 Å². The maximum atomic E-state index is 14.1. The van der Waals surface area contributed by atoms with Gasteiger partial charge in [-0.1, -0.05) is 111 Å². The minimum absolute atomic E-state index is 0.0966. The van der Waals surface area contributed by atoms with Crippen LogP contribution in [-0.4, -0.2) is 8.96 Å². The van der Waals surface area contributed by atoms with E-state index in [0.717, 1.165) is 21.5 Å². The summed E-state index contributed by atoms with van der Waals surface area (Å²) in [6.07, 6.45) is -10.1. The first kappa shape index (κ1) is 36.8. The second kappa shape index (κ2) is 13.5. The Labute approximate surface area is 297 Å². The van der Waals surface area contributed by atoms with Crippen LogP contribution in [0.2, 0.25) is 0 Å². The molecule has 0 saturated carbocycles. The smallest absolute Gasteiger partial charge is 0.416 e. The number of nitrogens with one attached hydrogen (secondary N) is 1. The van der Waals surface area contributed by atoms with E-state index < -0.39 is 58.6 Å². The monoisotopic (exact) mass is 739 g/mol. The van der Waals surface area contributed by atoms with E-state index in [2.05, 4.69) is 29.0 Å². The van der Waals surface area contributed by atoms with Crippen molar-refractivity contribution in [3.63, 3.8) is 0 Å². The summed E-state index contributed by atoms with van der Waals surface area (Å²) >= 11 is 0. The molecule has 0 fully saturated rings. The van der Waals surface area contributed by atoms with Gasteiger partial charge < -0.3 is 4.74 Å². The maximum absolute atomic E-state index is 14.1. The van der Waals surface area contributed by atoms with Gasteiger partial charge in [0, 0.05) is 27.4 Å². The number of hydrogen-bond acceptors (Lipinski definition) is 2. The Bertz CT molecular complexity index is 2000. The molecule has 11 heteroatoms. The van der Waals surface area contributed by atoms with Crippen LogP contribution in [0.25, 0.3) is 0 Å². The fraction of sp³-hybridized carbons (Fsp3) is 0.250. The summed E-state index contributed by atoms with van der Waals surface area (Å²) in [5, 5.41) is 3.03. The maximum Gasteiger partial charge on any atom is 0.416 e. The van der Waals surface area contributed by atoms with E-state index >= 15 is 0 Å². The predicted molar refractivity (Wildman–Crippen MR) is 193 cm³/mol. The minimum atomic E-state index is -5.07. The highest BCUT2D eigenvalue weighted by molar-refractivity contribution is 7.84. The minimum Gasteiger partial charge on any atom is -0.456 e. The molecule has 0 saturated heterocycles. The lowest BCUT2D eigenvalue weighted by molar-refractivity contribution is -0.143. The number of hydrogen-bond donors (Lipinski definition) is 1. The molecule has 0 aliphatic carbocycles. The molecular formula is C40H36F6NO2PS. The summed E-state index contributed by atoms with van der Waals surface area (Å²) in [4.78, 5) is 0. The zero-order valence-electron chi connectivity index (χ0n) is 28.5. The van der Waals surface area contributed by atoms with Crippen molar-refractivity contribution in [2.75, 3.05) is 0 Å². The zero-order valence-corrected chi connectivity index (χ0v) is 30.2. The third kappa shape index (κ3) is 7.37. The molecule has 51 heavy (non-hydrogen) atoms. The molecule has 6 rings (SSSR count). The lowest BCUT2D eigenvalue weighted by Crippen LogP contribution is -2.37. The molecule has 266 valence electrons. The lowest BCUT2D eigenvalue weighted by atomic mass is 9.74. The number of halogens is 6. The van der Waals surface area contributed by atoms with E-state index in [1.165, 1.54) is 0 Å². The first-order valence-corrected chi connectivity index (χ1v) is 18.7. The second-order valence-electron chi connectivity index (χ2n) is 13.9. The number of para-hydroxylation sites is 2. The summed E-state index contributed by atoms with van der Waals surface area (Å²) in [7, 11) is -3.08. The topological polar surface area (TPSA) is 38.3 Å². The third-order valence-corrected chi connectivity index (χ3v) is 12.9. The number of alkyl halides is 6. The average Bonchev–Trinajstić information content (AvgIpc) is 3.07. The Kier molecular flexibility index (Phi) is 9.76. The molecule has 5 aromatic rings. The van der Waals surface area contributed by atoms with Gasteiger partial charge in [0.1, 0.15) is 11.5 Å². The van der Waals surface area contributed by atoms with Gasteiger partial charge in [-0.25, -0.2) is 8.93 Å². The Morgan fingerprint density at radius 3 is 1.65 bits per heavy atom. The van der Waals surface area contributed by atoms with Crippen LogP contribution in [0.5, 0.6) is 11.5 Å². The van der Waals surface area contributed by atoms with Crippen molar-refractivity contribution < 1.29 is 35.3 Å². The van der Waals surface area contributed by atoms with Gasteiger partial charge in [0.25, 0.3) is 0 Å². The van der Waals surface area contributed by atoms with E-state index in [-0.39, 0.29) is 22.9 Å². The van der Waals surface area contributed by atoms with Crippen LogP contribution in [-0.2, 0) is 28.8 Å². The average molecular weight is 740 g/mol. The second-order valence-corrected chi connectivity index (χ2v) is 18.1. The SMILES string of the molecule is CC1(C)c2cccc(C(NS(=O)C(C)(C)C)c3cc(C(F)(F)F)cc(C(F)(F)F)c3)c2Oc2c(P(c3ccccc3)c3ccccc3)cccc21. The van der Waals surface area contributed by atoms with Crippen molar-refractivity contribution in [3.8, 4) is 11.5 Å². The molecule has 1 N–H and O–H groups in total. The van der Waals surface area contributed by atoms with Gasteiger partial charge in [-0.2, -0.15) is 26.3 Å². The van der Waals surface area contributed by atoms with Gasteiger partial charge in [0.05, 0.1) is 32.9 Å². The number of rotatable bonds is 7. The normalized spacial score (nSPS) is 15.5. The molecule has 2 unspecified atom stereocenters. The highest BCUT2D eigenvalue weighted by atomic mass is 32.2. The molecule has 1 aliphatic rings. The summed E-state index contributed by atoms with van der Waals surface area (Å²) in [5.41, 5.74) is -2.15. The summed E-state index contributed by atoms with van der Waals surface area (Å²) in [6, 6.07) is 31.2. The molecule has 0 radical (unpaired) electrons. The molecule has 3 nitrogen and oxygen atoms in total. The number of ether oxygens (including phenoxy) is 1. The summed E-state index contributed by atoms with van der Waals surface area (Å²) < 4.78 is 107. The van der Waals surface area contributed by atoms with Gasteiger partial charge in [0.2, 0.25) is 0 Å². The first-order chi connectivity index (χ1) is 23.9. The molecule has 1 aliphatic heterocycles. The summed E-state index contributed by atoms with van der Waals surface area (Å²) in [6.45, 7) is 9.02. The highest BCUT2D eigenvalue weighted by Crippen LogP contribution is 2.53. The predicted octanol–water partition coefficient (Wildman–Crippen LogP) is 10.1. The van der Waals surface area contributed by atoms with Gasteiger partial charge >= 0.3 is 12.4 Å². The summed E-state index contributed by atoms with van der Waals surface area (Å²) in [5.74, 6) is 0.852. The molecule has 0 bridgehead atoms. The fourth-order valence-electron chi connectivity index (χ4n) is 6.26. The molecule has 1 heterocycles. The largest absolute Gasteiger partial charge is 0.456 e. The van der Waals surface area contributed by atoms with Gasteiger partial charge in [-0.05, 0) is 63.1 Å². The molecule has 0 amide bonds. The van der Waals surface area contributed by atoms with Crippen molar-refractivity contribution in [3.05, 3.63) is 149 Å². The van der Waals surface area contributed by atoms with E-state index in [9.17, 15) is 30.6 Å². The molecule has 2 atom stereocenters. The Hall–Kier alpha value is -3.98.